The fourth-order valence-corrected chi connectivity index (χ4v) is 2.84. The molecule has 0 aliphatic carbocycles. The molecular weight excluding hydrogens is 346 g/mol. The van der Waals surface area contributed by atoms with E-state index in [2.05, 4.69) is 25.8 Å². The van der Waals surface area contributed by atoms with E-state index < -0.39 is 0 Å². The lowest BCUT2D eigenvalue weighted by Gasteiger charge is -2.06. The largest absolute Gasteiger partial charge is 0.349 e. The quantitative estimate of drug-likeness (QED) is 0.546. The number of pyridine rings is 1. The Morgan fingerprint density at radius 1 is 1.04 bits per heavy atom. The van der Waals surface area contributed by atoms with Crippen LogP contribution < -0.4 is 10.9 Å². The van der Waals surface area contributed by atoms with E-state index in [0.29, 0.717) is 36.2 Å². The number of fused-ring (bicyclic) bond motifs is 2. The van der Waals surface area contributed by atoms with Crippen molar-refractivity contribution < 1.29 is 4.79 Å². The normalized spacial score (nSPS) is 11.1. The molecule has 0 saturated heterocycles. The smallest absolute Gasteiger partial charge is 0.277 e. The standard InChI is InChI=1S/C18H17N7O2/c26-17(19-12-16-22-21-15-8-3-4-10-24(15)16)9-5-11-25-18(27)13-6-1-2-7-14(13)20-23-25/h1-4,6-8,10H,5,9,11-12H2,(H,19,26). The number of rotatable bonds is 6. The van der Waals surface area contributed by atoms with E-state index in [1.807, 2.05) is 34.9 Å². The van der Waals surface area contributed by atoms with Gasteiger partial charge in [0, 0.05) is 19.2 Å². The molecule has 0 spiro atoms. The van der Waals surface area contributed by atoms with Gasteiger partial charge in [-0.15, -0.1) is 15.3 Å². The minimum Gasteiger partial charge on any atom is -0.349 e. The summed E-state index contributed by atoms with van der Waals surface area (Å²) in [5, 5.41) is 19.4. The molecule has 0 atom stereocenters. The van der Waals surface area contributed by atoms with Crippen LogP contribution in [0.5, 0.6) is 0 Å². The average molecular weight is 363 g/mol. The number of carbonyl (C=O) groups is 1. The maximum Gasteiger partial charge on any atom is 0.277 e. The number of amides is 1. The van der Waals surface area contributed by atoms with E-state index in [1.54, 1.807) is 18.2 Å². The molecule has 9 nitrogen and oxygen atoms in total. The second kappa shape index (κ2) is 7.32. The number of nitrogens with zero attached hydrogens (tertiary/aromatic N) is 6. The highest BCUT2D eigenvalue weighted by atomic mass is 16.1. The molecule has 4 rings (SSSR count). The fourth-order valence-electron chi connectivity index (χ4n) is 2.84. The first-order valence-electron chi connectivity index (χ1n) is 8.60. The van der Waals surface area contributed by atoms with Crippen molar-refractivity contribution in [2.75, 3.05) is 0 Å². The summed E-state index contributed by atoms with van der Waals surface area (Å²) in [7, 11) is 0. The monoisotopic (exact) mass is 363 g/mol. The molecule has 136 valence electrons. The minimum atomic E-state index is -0.198. The van der Waals surface area contributed by atoms with E-state index >= 15 is 0 Å². The van der Waals surface area contributed by atoms with Crippen LogP contribution in [-0.4, -0.2) is 35.5 Å². The Balaban J connectivity index is 1.32. The van der Waals surface area contributed by atoms with Crippen molar-refractivity contribution in [1.29, 1.82) is 0 Å². The van der Waals surface area contributed by atoms with Gasteiger partial charge in [-0.25, -0.2) is 4.68 Å². The Bertz CT molecular complexity index is 1170. The van der Waals surface area contributed by atoms with Crippen molar-refractivity contribution in [2.24, 2.45) is 0 Å². The first kappa shape index (κ1) is 16.8. The van der Waals surface area contributed by atoms with Crippen LogP contribution in [0.2, 0.25) is 0 Å². The molecule has 1 aromatic carbocycles. The lowest BCUT2D eigenvalue weighted by molar-refractivity contribution is -0.121. The number of aryl methyl sites for hydroxylation is 1. The highest BCUT2D eigenvalue weighted by molar-refractivity contribution is 5.76. The Labute approximate surface area is 153 Å². The summed E-state index contributed by atoms with van der Waals surface area (Å²) in [5.74, 6) is 0.542. The van der Waals surface area contributed by atoms with Crippen molar-refractivity contribution in [3.63, 3.8) is 0 Å². The van der Waals surface area contributed by atoms with Crippen LogP contribution in [0, 0.1) is 0 Å². The van der Waals surface area contributed by atoms with Gasteiger partial charge in [-0.1, -0.05) is 23.4 Å². The Morgan fingerprint density at radius 3 is 2.81 bits per heavy atom. The molecule has 0 fully saturated rings. The summed E-state index contributed by atoms with van der Waals surface area (Å²) in [6.45, 7) is 0.623. The molecule has 0 saturated carbocycles. The average Bonchev–Trinajstić information content (AvgIpc) is 3.11. The van der Waals surface area contributed by atoms with Gasteiger partial charge >= 0.3 is 0 Å². The van der Waals surface area contributed by atoms with Gasteiger partial charge in [0.1, 0.15) is 5.52 Å². The lowest BCUT2D eigenvalue weighted by atomic mass is 10.2. The van der Waals surface area contributed by atoms with Gasteiger partial charge in [-0.3, -0.25) is 14.0 Å². The molecule has 0 bridgehead atoms. The Kier molecular flexibility index (Phi) is 4.56. The van der Waals surface area contributed by atoms with E-state index in [-0.39, 0.29) is 17.9 Å². The van der Waals surface area contributed by atoms with Crippen LogP contribution >= 0.6 is 0 Å². The summed E-state index contributed by atoms with van der Waals surface area (Å²) in [5.41, 5.74) is 1.10. The summed E-state index contributed by atoms with van der Waals surface area (Å²) < 4.78 is 3.12. The van der Waals surface area contributed by atoms with Crippen LogP contribution in [0.4, 0.5) is 0 Å². The van der Waals surface area contributed by atoms with Gasteiger partial charge in [0.25, 0.3) is 5.56 Å². The predicted octanol–water partition coefficient (Wildman–Crippen LogP) is 0.931. The third-order valence-corrected chi connectivity index (χ3v) is 4.23. The van der Waals surface area contributed by atoms with Gasteiger partial charge in [-0.05, 0) is 30.7 Å². The van der Waals surface area contributed by atoms with E-state index in [1.165, 1.54) is 4.68 Å². The molecule has 3 aromatic heterocycles. The zero-order chi connectivity index (χ0) is 18.6. The summed E-state index contributed by atoms with van der Waals surface area (Å²) in [6.07, 6.45) is 2.61. The maximum atomic E-state index is 12.4. The van der Waals surface area contributed by atoms with Crippen molar-refractivity contribution in [3.05, 3.63) is 64.8 Å². The summed E-state index contributed by atoms with van der Waals surface area (Å²) in [4.78, 5) is 24.4. The zero-order valence-electron chi connectivity index (χ0n) is 14.4. The molecule has 0 unspecified atom stereocenters. The molecule has 0 aliphatic rings. The van der Waals surface area contributed by atoms with Crippen molar-refractivity contribution >= 4 is 22.5 Å². The Morgan fingerprint density at radius 2 is 1.89 bits per heavy atom. The van der Waals surface area contributed by atoms with E-state index in [9.17, 15) is 9.59 Å². The molecule has 1 N–H and O–H groups in total. The number of hydrogen-bond acceptors (Lipinski definition) is 6. The summed E-state index contributed by atoms with van der Waals surface area (Å²) >= 11 is 0. The first-order valence-corrected chi connectivity index (χ1v) is 8.60. The fraction of sp³-hybridized carbons (Fsp3) is 0.222. The second-order valence-corrected chi connectivity index (χ2v) is 6.06. The van der Waals surface area contributed by atoms with Gasteiger partial charge in [0.2, 0.25) is 5.91 Å². The van der Waals surface area contributed by atoms with Gasteiger partial charge in [0.05, 0.1) is 11.9 Å². The number of nitrogens with one attached hydrogen (secondary N) is 1. The maximum absolute atomic E-state index is 12.4. The summed E-state index contributed by atoms with van der Waals surface area (Å²) in [6, 6.07) is 12.7. The van der Waals surface area contributed by atoms with Crippen LogP contribution in [0.25, 0.3) is 16.6 Å². The number of carbonyl (C=O) groups excluding carboxylic acids is 1. The number of benzene rings is 1. The van der Waals surface area contributed by atoms with Crippen molar-refractivity contribution in [2.45, 2.75) is 25.9 Å². The topological polar surface area (TPSA) is 107 Å². The minimum absolute atomic E-state index is 0.121. The molecule has 27 heavy (non-hydrogen) atoms. The molecule has 0 radical (unpaired) electrons. The van der Waals surface area contributed by atoms with E-state index in [4.69, 9.17) is 0 Å². The third-order valence-electron chi connectivity index (χ3n) is 4.23. The molecule has 0 aliphatic heterocycles. The third kappa shape index (κ3) is 3.52. The molecule has 3 heterocycles. The lowest BCUT2D eigenvalue weighted by Crippen LogP contribution is -2.27. The zero-order valence-corrected chi connectivity index (χ0v) is 14.4. The van der Waals surface area contributed by atoms with Crippen LogP contribution in [0.3, 0.4) is 0 Å². The SMILES string of the molecule is O=C(CCCn1nnc2ccccc2c1=O)NCc1nnc2ccccn12. The number of hydrogen-bond donors (Lipinski definition) is 1. The van der Waals surface area contributed by atoms with Crippen molar-refractivity contribution in [1.82, 2.24) is 34.9 Å². The second-order valence-electron chi connectivity index (χ2n) is 6.06. The van der Waals surface area contributed by atoms with Crippen LogP contribution in [0.1, 0.15) is 18.7 Å². The van der Waals surface area contributed by atoms with Crippen LogP contribution in [0.15, 0.2) is 53.5 Å². The first-order chi connectivity index (χ1) is 13.2. The highest BCUT2D eigenvalue weighted by Gasteiger charge is 2.08. The number of aromatic nitrogens is 6. The molecule has 4 aromatic rings. The van der Waals surface area contributed by atoms with Gasteiger partial charge < -0.3 is 5.32 Å². The van der Waals surface area contributed by atoms with Gasteiger partial charge in [0.15, 0.2) is 11.5 Å². The molecular formula is C18H17N7O2. The molecule has 1 amide bonds. The van der Waals surface area contributed by atoms with Gasteiger partial charge in [-0.2, -0.15) is 0 Å². The van der Waals surface area contributed by atoms with E-state index in [0.717, 1.165) is 5.65 Å². The highest BCUT2D eigenvalue weighted by Crippen LogP contribution is 2.04. The Hall–Kier alpha value is -3.62. The van der Waals surface area contributed by atoms with Crippen molar-refractivity contribution in [3.8, 4) is 0 Å². The predicted molar refractivity (Wildman–Crippen MR) is 97.9 cm³/mol. The van der Waals surface area contributed by atoms with Crippen LogP contribution in [-0.2, 0) is 17.9 Å². The molecule has 9 heteroatoms.